The average molecular weight is 483 g/mol. The number of aromatic nitrogens is 3. The predicted octanol–water partition coefficient (Wildman–Crippen LogP) is 4.06. The Morgan fingerprint density at radius 1 is 1.23 bits per heavy atom. The van der Waals surface area contributed by atoms with Crippen molar-refractivity contribution in [1.29, 1.82) is 0 Å². The number of pyridine rings is 1. The number of alkyl halides is 2. The first-order valence-electron chi connectivity index (χ1n) is 12.1. The number of Topliss-reactive ketones (excluding diaryl/α,β-unsaturated/α-hetero) is 1. The fraction of sp³-hybridized carbons (Fsp3) is 0.462. The zero-order valence-electron chi connectivity index (χ0n) is 19.6. The van der Waals surface area contributed by atoms with E-state index in [2.05, 4.69) is 15.5 Å². The lowest BCUT2D eigenvalue weighted by molar-refractivity contribution is -0.121. The SMILES string of the molecule is CC(=O)C1CCC(n2cc(C(=O)NCCc3cccc4c3CCC4(F)F)c3[nH]ncc3c2=O)CC1. The zero-order valence-corrected chi connectivity index (χ0v) is 19.6. The number of rotatable bonds is 6. The molecule has 0 bridgehead atoms. The highest BCUT2D eigenvalue weighted by Crippen LogP contribution is 2.42. The van der Waals surface area contributed by atoms with Crippen LogP contribution in [0.5, 0.6) is 0 Å². The molecule has 35 heavy (non-hydrogen) atoms. The van der Waals surface area contributed by atoms with Gasteiger partial charge in [-0.2, -0.15) is 5.10 Å². The number of ketones is 1. The Balaban J connectivity index is 1.34. The van der Waals surface area contributed by atoms with Gasteiger partial charge in [0.1, 0.15) is 5.78 Å². The lowest BCUT2D eigenvalue weighted by Gasteiger charge is -2.28. The van der Waals surface area contributed by atoms with Gasteiger partial charge >= 0.3 is 0 Å². The minimum Gasteiger partial charge on any atom is -0.352 e. The maximum atomic E-state index is 14.1. The summed E-state index contributed by atoms with van der Waals surface area (Å²) >= 11 is 0. The standard InChI is InChI=1S/C26H28F2N4O3/c1-15(33)16-5-7-18(8-6-16)32-14-21(23-20(25(32)35)13-30-31-23)24(34)29-12-10-17-3-2-4-22-19(17)9-11-26(22,27)28/h2-4,13-14,16,18H,5-12H2,1H3,(H,29,34)(H,30,31). The van der Waals surface area contributed by atoms with Gasteiger partial charge in [-0.3, -0.25) is 19.5 Å². The van der Waals surface area contributed by atoms with Gasteiger partial charge in [-0.25, -0.2) is 8.78 Å². The first kappa shape index (κ1) is 23.4. The fourth-order valence-electron chi connectivity index (χ4n) is 5.59. The molecule has 0 spiro atoms. The van der Waals surface area contributed by atoms with Gasteiger partial charge in [0.05, 0.1) is 22.7 Å². The van der Waals surface area contributed by atoms with Crippen molar-refractivity contribution in [2.24, 2.45) is 5.92 Å². The summed E-state index contributed by atoms with van der Waals surface area (Å²) in [6.45, 7) is 1.88. The summed E-state index contributed by atoms with van der Waals surface area (Å²) in [5, 5.41) is 9.96. The molecule has 5 rings (SSSR count). The van der Waals surface area contributed by atoms with Crippen LogP contribution in [0.1, 0.15) is 72.1 Å². The second-order valence-corrected chi connectivity index (χ2v) is 9.68. The Hall–Kier alpha value is -3.36. The number of carbonyl (C=O) groups is 2. The van der Waals surface area contributed by atoms with Crippen LogP contribution in [-0.4, -0.2) is 33.0 Å². The van der Waals surface area contributed by atoms with Crippen molar-refractivity contribution in [2.75, 3.05) is 6.54 Å². The first-order chi connectivity index (χ1) is 16.8. The van der Waals surface area contributed by atoms with Crippen LogP contribution in [0, 0.1) is 5.92 Å². The number of benzene rings is 1. The number of aromatic amines is 1. The summed E-state index contributed by atoms with van der Waals surface area (Å²) in [6.07, 6.45) is 6.42. The van der Waals surface area contributed by atoms with Crippen LogP contribution in [0.2, 0.25) is 0 Å². The number of halogens is 2. The van der Waals surface area contributed by atoms with E-state index in [0.717, 1.165) is 18.4 Å². The summed E-state index contributed by atoms with van der Waals surface area (Å²) in [7, 11) is 0. The molecule has 2 N–H and O–H groups in total. The van der Waals surface area contributed by atoms with E-state index in [9.17, 15) is 23.2 Å². The first-order valence-corrected chi connectivity index (χ1v) is 12.1. The Morgan fingerprint density at radius 2 is 2.00 bits per heavy atom. The summed E-state index contributed by atoms with van der Waals surface area (Å²) in [5.41, 5.74) is 2.07. The number of hydrogen-bond donors (Lipinski definition) is 2. The lowest BCUT2D eigenvalue weighted by atomic mass is 9.83. The highest BCUT2D eigenvalue weighted by atomic mass is 19.3. The van der Waals surface area contributed by atoms with Crippen LogP contribution in [0.3, 0.4) is 0 Å². The largest absolute Gasteiger partial charge is 0.352 e. The smallest absolute Gasteiger partial charge is 0.273 e. The molecule has 3 aromatic rings. The van der Waals surface area contributed by atoms with E-state index >= 15 is 0 Å². The van der Waals surface area contributed by atoms with E-state index in [1.165, 1.54) is 12.3 Å². The van der Waals surface area contributed by atoms with Gasteiger partial charge in [-0.1, -0.05) is 18.2 Å². The molecule has 2 heterocycles. The third kappa shape index (κ3) is 4.28. The van der Waals surface area contributed by atoms with Crippen molar-refractivity contribution < 1.29 is 18.4 Å². The molecule has 0 atom stereocenters. The normalized spacial score (nSPS) is 21.1. The van der Waals surface area contributed by atoms with E-state index in [-0.39, 0.29) is 47.7 Å². The number of H-pyrrole nitrogens is 1. The average Bonchev–Trinajstić information content (AvgIpc) is 3.45. The van der Waals surface area contributed by atoms with Crippen molar-refractivity contribution in [1.82, 2.24) is 20.1 Å². The Kier molecular flexibility index (Phi) is 6.02. The van der Waals surface area contributed by atoms with E-state index < -0.39 is 5.92 Å². The van der Waals surface area contributed by atoms with Crippen LogP contribution < -0.4 is 10.9 Å². The quantitative estimate of drug-likeness (QED) is 0.554. The summed E-state index contributed by atoms with van der Waals surface area (Å²) < 4.78 is 29.7. The maximum absolute atomic E-state index is 14.1. The van der Waals surface area contributed by atoms with Crippen LogP contribution >= 0.6 is 0 Å². The van der Waals surface area contributed by atoms with Gasteiger partial charge in [-0.15, -0.1) is 0 Å². The van der Waals surface area contributed by atoms with Crippen molar-refractivity contribution in [3.8, 4) is 0 Å². The van der Waals surface area contributed by atoms with Crippen molar-refractivity contribution in [2.45, 2.75) is 63.8 Å². The minimum atomic E-state index is -2.79. The molecule has 2 aliphatic rings. The molecule has 9 heteroatoms. The van der Waals surface area contributed by atoms with E-state index in [4.69, 9.17) is 0 Å². The van der Waals surface area contributed by atoms with Crippen molar-refractivity contribution in [3.05, 3.63) is 63.2 Å². The van der Waals surface area contributed by atoms with Crippen LogP contribution in [0.15, 0.2) is 35.4 Å². The summed E-state index contributed by atoms with van der Waals surface area (Å²) in [6, 6.07) is 4.86. The topological polar surface area (TPSA) is 96.8 Å². The molecule has 184 valence electrons. The monoisotopic (exact) mass is 482 g/mol. The molecule has 7 nitrogen and oxygen atoms in total. The molecule has 0 saturated heterocycles. The van der Waals surface area contributed by atoms with Gasteiger partial charge in [0.2, 0.25) is 0 Å². The zero-order chi connectivity index (χ0) is 24.7. The summed E-state index contributed by atoms with van der Waals surface area (Å²) in [5.74, 6) is -2.95. The third-order valence-electron chi connectivity index (χ3n) is 7.59. The molecule has 1 saturated carbocycles. The maximum Gasteiger partial charge on any atom is 0.273 e. The number of hydrogen-bond acceptors (Lipinski definition) is 4. The van der Waals surface area contributed by atoms with Crippen LogP contribution in [0.4, 0.5) is 8.78 Å². The summed E-state index contributed by atoms with van der Waals surface area (Å²) in [4.78, 5) is 37.9. The molecule has 1 fully saturated rings. The fourth-order valence-corrected chi connectivity index (χ4v) is 5.59. The Bertz CT molecular complexity index is 1350. The molecular formula is C26H28F2N4O3. The number of nitrogens with one attached hydrogen (secondary N) is 2. The van der Waals surface area contributed by atoms with Gasteiger partial charge in [-0.05, 0) is 56.6 Å². The predicted molar refractivity (Wildman–Crippen MR) is 127 cm³/mol. The highest BCUT2D eigenvalue weighted by molar-refractivity contribution is 6.04. The van der Waals surface area contributed by atoms with E-state index in [0.29, 0.717) is 47.7 Å². The number of carbonyl (C=O) groups excluding carboxylic acids is 2. The molecule has 1 amide bonds. The lowest BCUT2D eigenvalue weighted by Crippen LogP contribution is -2.32. The minimum absolute atomic E-state index is 0.0294. The van der Waals surface area contributed by atoms with Crippen LogP contribution in [0.25, 0.3) is 10.9 Å². The molecule has 1 aromatic carbocycles. The molecule has 0 unspecified atom stereocenters. The molecule has 2 aromatic heterocycles. The number of amides is 1. The highest BCUT2D eigenvalue weighted by Gasteiger charge is 2.39. The van der Waals surface area contributed by atoms with E-state index in [1.807, 2.05) is 6.07 Å². The Morgan fingerprint density at radius 3 is 2.74 bits per heavy atom. The van der Waals surface area contributed by atoms with Crippen LogP contribution in [-0.2, 0) is 23.6 Å². The molecule has 2 aliphatic carbocycles. The van der Waals surface area contributed by atoms with Gasteiger partial charge < -0.3 is 9.88 Å². The Labute approximate surface area is 200 Å². The number of fused-ring (bicyclic) bond motifs is 2. The molecular weight excluding hydrogens is 454 g/mol. The van der Waals surface area contributed by atoms with E-state index in [1.54, 1.807) is 23.8 Å². The second kappa shape index (κ2) is 9.02. The number of nitrogens with zero attached hydrogens (tertiary/aromatic N) is 2. The third-order valence-corrected chi connectivity index (χ3v) is 7.59. The van der Waals surface area contributed by atoms with Gasteiger partial charge in [0.25, 0.3) is 17.4 Å². The molecule has 0 aliphatic heterocycles. The second-order valence-electron chi connectivity index (χ2n) is 9.68. The van der Waals surface area contributed by atoms with Gasteiger partial charge in [0.15, 0.2) is 0 Å². The van der Waals surface area contributed by atoms with Crippen molar-refractivity contribution >= 4 is 22.6 Å². The molecule has 0 radical (unpaired) electrons. The van der Waals surface area contributed by atoms with Crippen molar-refractivity contribution in [3.63, 3.8) is 0 Å². The van der Waals surface area contributed by atoms with Gasteiger partial charge in [0, 0.05) is 36.7 Å².